The van der Waals surface area contributed by atoms with Gasteiger partial charge in [0.1, 0.15) is 0 Å². The predicted molar refractivity (Wildman–Crippen MR) is 124 cm³/mol. The number of nitrogens with one attached hydrogen (secondary N) is 1. The van der Waals surface area contributed by atoms with Crippen molar-refractivity contribution in [2.45, 2.75) is 25.8 Å². The smallest absolute Gasteiger partial charge is 0.240 e. The van der Waals surface area contributed by atoms with Gasteiger partial charge in [-0.25, -0.2) is 4.98 Å². The maximum absolute atomic E-state index is 12.6. The van der Waals surface area contributed by atoms with Crippen molar-refractivity contribution in [1.29, 1.82) is 0 Å². The number of anilines is 1. The van der Waals surface area contributed by atoms with Crippen molar-refractivity contribution in [2.75, 3.05) is 58.2 Å². The molecule has 3 heterocycles. The van der Waals surface area contributed by atoms with Crippen molar-refractivity contribution >= 4 is 34.0 Å². The van der Waals surface area contributed by atoms with E-state index in [-0.39, 0.29) is 5.91 Å². The summed E-state index contributed by atoms with van der Waals surface area (Å²) in [5, 5.41) is 4.36. The molecule has 0 saturated carbocycles. The molecular formula is C22H30ClN5OS. The molecule has 2 saturated heterocycles. The number of likely N-dealkylation sites (tertiary alicyclic amines) is 1. The fraction of sp³-hybridized carbons (Fsp3) is 0.545. The quantitative estimate of drug-likeness (QED) is 0.761. The summed E-state index contributed by atoms with van der Waals surface area (Å²) in [6.45, 7) is 8.81. The van der Waals surface area contributed by atoms with Crippen LogP contribution in [0.5, 0.6) is 0 Å². The standard InChI is InChI=1S/C22H30ClN5OS/c1-16-21(17-5-7-18(23)8-6-17)25-22(30-16)24-20(29)15-27-10-12-28(13-11-27)19-4-3-9-26(2)14-19/h5-8,19H,3-4,9-15H2,1-2H3,(H,24,25,29). The van der Waals surface area contributed by atoms with Crippen LogP contribution in [0.3, 0.4) is 0 Å². The minimum absolute atomic E-state index is 0.0113. The van der Waals surface area contributed by atoms with Gasteiger partial charge in [-0.1, -0.05) is 23.7 Å². The SMILES string of the molecule is Cc1sc(NC(=O)CN2CCN(C3CCCN(C)C3)CC2)nc1-c1ccc(Cl)cc1. The summed E-state index contributed by atoms with van der Waals surface area (Å²) in [5.41, 5.74) is 1.91. The van der Waals surface area contributed by atoms with E-state index >= 15 is 0 Å². The maximum Gasteiger partial charge on any atom is 0.240 e. The van der Waals surface area contributed by atoms with Crippen LogP contribution >= 0.6 is 22.9 Å². The molecule has 2 aliphatic heterocycles. The van der Waals surface area contributed by atoms with E-state index < -0.39 is 0 Å². The first-order valence-corrected chi connectivity index (χ1v) is 11.9. The minimum Gasteiger partial charge on any atom is -0.305 e. The molecule has 30 heavy (non-hydrogen) atoms. The Bertz CT molecular complexity index is 863. The number of nitrogens with zero attached hydrogens (tertiary/aromatic N) is 4. The third kappa shape index (κ3) is 5.39. The van der Waals surface area contributed by atoms with Gasteiger partial charge in [0.25, 0.3) is 0 Å². The number of likely N-dealkylation sites (N-methyl/N-ethyl adjacent to an activating group) is 1. The van der Waals surface area contributed by atoms with E-state index in [1.807, 2.05) is 31.2 Å². The van der Waals surface area contributed by atoms with Gasteiger partial charge >= 0.3 is 0 Å². The Balaban J connectivity index is 1.27. The molecule has 2 aliphatic rings. The fourth-order valence-corrected chi connectivity index (χ4v) is 5.39. The van der Waals surface area contributed by atoms with Crippen LogP contribution < -0.4 is 5.32 Å². The average molecular weight is 448 g/mol. The number of amides is 1. The van der Waals surface area contributed by atoms with Gasteiger partial charge in [0.15, 0.2) is 5.13 Å². The van der Waals surface area contributed by atoms with Gasteiger partial charge in [-0.3, -0.25) is 14.6 Å². The number of carbonyl (C=O) groups excluding carboxylic acids is 1. The van der Waals surface area contributed by atoms with Gasteiger partial charge in [0.05, 0.1) is 12.2 Å². The van der Waals surface area contributed by atoms with Crippen molar-refractivity contribution in [3.05, 3.63) is 34.2 Å². The molecule has 1 aromatic heterocycles. The van der Waals surface area contributed by atoms with Crippen LogP contribution in [0.2, 0.25) is 5.02 Å². The lowest BCUT2D eigenvalue weighted by molar-refractivity contribution is -0.117. The second-order valence-electron chi connectivity index (χ2n) is 8.35. The molecular weight excluding hydrogens is 418 g/mol. The molecule has 1 aromatic carbocycles. The molecule has 2 fully saturated rings. The number of piperazine rings is 1. The van der Waals surface area contributed by atoms with Crippen molar-refractivity contribution < 1.29 is 4.79 Å². The summed E-state index contributed by atoms with van der Waals surface area (Å²) in [4.78, 5) is 25.6. The molecule has 1 N–H and O–H groups in total. The first-order valence-electron chi connectivity index (χ1n) is 10.7. The van der Waals surface area contributed by atoms with E-state index in [9.17, 15) is 4.79 Å². The molecule has 4 rings (SSSR count). The van der Waals surface area contributed by atoms with Crippen LogP contribution in [-0.4, -0.2) is 84.5 Å². The van der Waals surface area contributed by atoms with E-state index in [0.717, 1.165) is 42.3 Å². The van der Waals surface area contributed by atoms with E-state index in [4.69, 9.17) is 11.6 Å². The Kier molecular flexibility index (Phi) is 7.05. The number of hydrogen-bond donors (Lipinski definition) is 1. The van der Waals surface area contributed by atoms with Crippen LogP contribution in [0.1, 0.15) is 17.7 Å². The van der Waals surface area contributed by atoms with E-state index in [1.54, 1.807) is 0 Å². The van der Waals surface area contributed by atoms with E-state index in [0.29, 0.717) is 22.7 Å². The number of carbonyl (C=O) groups is 1. The molecule has 162 valence electrons. The molecule has 8 heteroatoms. The highest BCUT2D eigenvalue weighted by Gasteiger charge is 2.27. The van der Waals surface area contributed by atoms with Crippen LogP contribution in [-0.2, 0) is 4.79 Å². The highest BCUT2D eigenvalue weighted by atomic mass is 35.5. The van der Waals surface area contributed by atoms with Crippen LogP contribution in [0.25, 0.3) is 11.3 Å². The number of benzene rings is 1. The second-order valence-corrected chi connectivity index (χ2v) is 9.99. The third-order valence-electron chi connectivity index (χ3n) is 6.05. The zero-order chi connectivity index (χ0) is 21.1. The highest BCUT2D eigenvalue weighted by Crippen LogP contribution is 2.31. The van der Waals surface area contributed by atoms with Gasteiger partial charge in [0, 0.05) is 54.2 Å². The number of rotatable bonds is 5. The Hall–Kier alpha value is -1.51. The summed E-state index contributed by atoms with van der Waals surface area (Å²) in [7, 11) is 2.21. The maximum atomic E-state index is 12.6. The van der Waals surface area contributed by atoms with Gasteiger partial charge in [-0.15, -0.1) is 11.3 Å². The topological polar surface area (TPSA) is 51.7 Å². The number of piperidine rings is 1. The third-order valence-corrected chi connectivity index (χ3v) is 7.19. The number of aryl methyl sites for hydroxylation is 1. The molecule has 0 spiro atoms. The van der Waals surface area contributed by atoms with E-state index in [1.165, 1.54) is 37.3 Å². The molecule has 6 nitrogen and oxygen atoms in total. The highest BCUT2D eigenvalue weighted by molar-refractivity contribution is 7.16. The predicted octanol–water partition coefficient (Wildman–Crippen LogP) is 3.42. The van der Waals surface area contributed by atoms with Gasteiger partial charge < -0.3 is 10.2 Å². The monoisotopic (exact) mass is 447 g/mol. The average Bonchev–Trinajstić information content (AvgIpc) is 3.09. The zero-order valence-corrected chi connectivity index (χ0v) is 19.3. The van der Waals surface area contributed by atoms with Crippen molar-refractivity contribution in [2.24, 2.45) is 0 Å². The van der Waals surface area contributed by atoms with Crippen LogP contribution in [0.4, 0.5) is 5.13 Å². The van der Waals surface area contributed by atoms with Crippen molar-refractivity contribution in [3.63, 3.8) is 0 Å². The summed E-state index contributed by atoms with van der Waals surface area (Å²) in [6, 6.07) is 8.31. The summed E-state index contributed by atoms with van der Waals surface area (Å²) in [5.74, 6) is 0.0113. The Labute approximate surface area is 187 Å². The molecule has 2 aromatic rings. The molecule has 0 aliphatic carbocycles. The Morgan fingerprint density at radius 1 is 1.20 bits per heavy atom. The number of thiazole rings is 1. The van der Waals surface area contributed by atoms with Crippen molar-refractivity contribution in [1.82, 2.24) is 19.7 Å². The van der Waals surface area contributed by atoms with Crippen LogP contribution in [0.15, 0.2) is 24.3 Å². The zero-order valence-electron chi connectivity index (χ0n) is 17.7. The second kappa shape index (κ2) is 9.75. The first kappa shape index (κ1) is 21.7. The molecule has 0 radical (unpaired) electrons. The van der Waals surface area contributed by atoms with Gasteiger partial charge in [-0.05, 0) is 45.5 Å². The Morgan fingerprint density at radius 2 is 1.93 bits per heavy atom. The molecule has 1 atom stereocenters. The lowest BCUT2D eigenvalue weighted by Gasteiger charge is -2.42. The van der Waals surface area contributed by atoms with Gasteiger partial charge in [-0.2, -0.15) is 0 Å². The van der Waals surface area contributed by atoms with Gasteiger partial charge in [0.2, 0.25) is 5.91 Å². The summed E-state index contributed by atoms with van der Waals surface area (Å²) >= 11 is 7.50. The first-order chi connectivity index (χ1) is 14.5. The lowest BCUT2D eigenvalue weighted by atomic mass is 10.0. The Morgan fingerprint density at radius 3 is 2.63 bits per heavy atom. The molecule has 1 amide bonds. The normalized spacial score (nSPS) is 21.6. The summed E-state index contributed by atoms with van der Waals surface area (Å²) < 4.78 is 0. The largest absolute Gasteiger partial charge is 0.305 e. The summed E-state index contributed by atoms with van der Waals surface area (Å²) in [6.07, 6.45) is 2.58. The van der Waals surface area contributed by atoms with Crippen LogP contribution in [0, 0.1) is 6.92 Å². The minimum atomic E-state index is 0.0113. The fourth-order valence-electron chi connectivity index (χ4n) is 4.41. The number of aromatic nitrogens is 1. The molecule has 0 bridgehead atoms. The van der Waals surface area contributed by atoms with Crippen molar-refractivity contribution in [3.8, 4) is 11.3 Å². The number of hydrogen-bond acceptors (Lipinski definition) is 6. The lowest BCUT2D eigenvalue weighted by Crippen LogP contribution is -2.55. The molecule has 1 unspecified atom stereocenters. The van der Waals surface area contributed by atoms with E-state index in [2.05, 4.69) is 32.0 Å². The number of halogens is 1.